The maximum absolute atomic E-state index is 13.1. The van der Waals surface area contributed by atoms with Crippen LogP contribution in [-0.4, -0.2) is 5.91 Å². The van der Waals surface area contributed by atoms with Crippen molar-refractivity contribution in [3.8, 4) is 0 Å². The standard InChI is InChI=1S/C15H14BrFN2O/c16-13-8-11(17)6-7-12(13)14(15(18)20)19-9-10-4-2-1-3-5-10/h1-8,14,19H,9H2,(H2,18,20). The molecule has 0 aromatic heterocycles. The van der Waals surface area contributed by atoms with Gasteiger partial charge in [0.2, 0.25) is 5.91 Å². The maximum Gasteiger partial charge on any atom is 0.239 e. The number of amides is 1. The highest BCUT2D eigenvalue weighted by Crippen LogP contribution is 2.24. The summed E-state index contributed by atoms with van der Waals surface area (Å²) in [6.07, 6.45) is 0. The Bertz CT molecular complexity index is 604. The zero-order chi connectivity index (χ0) is 14.5. The molecule has 0 spiro atoms. The van der Waals surface area contributed by atoms with Crippen molar-refractivity contribution in [3.63, 3.8) is 0 Å². The number of nitrogens with one attached hydrogen (secondary N) is 1. The van der Waals surface area contributed by atoms with Crippen molar-refractivity contribution < 1.29 is 9.18 Å². The summed E-state index contributed by atoms with van der Waals surface area (Å²) in [6.45, 7) is 0.498. The first-order chi connectivity index (χ1) is 9.58. The lowest BCUT2D eigenvalue weighted by molar-refractivity contribution is -0.120. The third-order valence-electron chi connectivity index (χ3n) is 2.91. The van der Waals surface area contributed by atoms with Crippen LogP contribution >= 0.6 is 15.9 Å². The highest BCUT2D eigenvalue weighted by molar-refractivity contribution is 9.10. The van der Waals surface area contributed by atoms with Crippen LogP contribution in [0.1, 0.15) is 17.2 Å². The Morgan fingerprint density at radius 2 is 1.95 bits per heavy atom. The second-order valence-corrected chi connectivity index (χ2v) is 5.22. The van der Waals surface area contributed by atoms with E-state index in [2.05, 4.69) is 21.2 Å². The summed E-state index contributed by atoms with van der Waals surface area (Å²) in [5.41, 5.74) is 7.08. The van der Waals surface area contributed by atoms with Gasteiger partial charge in [0.15, 0.2) is 0 Å². The van der Waals surface area contributed by atoms with Gasteiger partial charge >= 0.3 is 0 Å². The van der Waals surface area contributed by atoms with E-state index < -0.39 is 11.9 Å². The number of primary amides is 1. The Labute approximate surface area is 125 Å². The molecule has 0 aliphatic heterocycles. The van der Waals surface area contributed by atoms with Crippen LogP contribution in [0.3, 0.4) is 0 Å². The molecule has 2 rings (SSSR count). The molecule has 0 bridgehead atoms. The second-order valence-electron chi connectivity index (χ2n) is 4.37. The van der Waals surface area contributed by atoms with Gasteiger partial charge in [-0.05, 0) is 23.3 Å². The second kappa shape index (κ2) is 6.63. The van der Waals surface area contributed by atoms with Gasteiger partial charge in [-0.15, -0.1) is 0 Å². The smallest absolute Gasteiger partial charge is 0.239 e. The molecule has 0 heterocycles. The number of carbonyl (C=O) groups is 1. The lowest BCUT2D eigenvalue weighted by atomic mass is 10.1. The number of nitrogens with two attached hydrogens (primary N) is 1. The molecule has 0 aliphatic rings. The minimum atomic E-state index is -0.676. The fourth-order valence-electron chi connectivity index (χ4n) is 1.92. The van der Waals surface area contributed by atoms with Crippen molar-refractivity contribution in [3.05, 3.63) is 69.9 Å². The molecular weight excluding hydrogens is 323 g/mol. The number of hydrogen-bond acceptors (Lipinski definition) is 2. The summed E-state index contributed by atoms with van der Waals surface area (Å²) in [6, 6.07) is 13.2. The molecule has 3 nitrogen and oxygen atoms in total. The number of rotatable bonds is 5. The third kappa shape index (κ3) is 3.65. The highest BCUT2D eigenvalue weighted by Gasteiger charge is 2.20. The normalized spacial score (nSPS) is 12.1. The minimum absolute atomic E-state index is 0.369. The van der Waals surface area contributed by atoms with Crippen LogP contribution in [0.25, 0.3) is 0 Å². The van der Waals surface area contributed by atoms with Gasteiger partial charge in [-0.25, -0.2) is 4.39 Å². The summed E-state index contributed by atoms with van der Waals surface area (Å²) in [5, 5.41) is 3.09. The molecule has 0 aliphatic carbocycles. The summed E-state index contributed by atoms with van der Waals surface area (Å²) < 4.78 is 13.6. The Balaban J connectivity index is 2.17. The van der Waals surface area contributed by atoms with Crippen molar-refractivity contribution in [2.45, 2.75) is 12.6 Å². The third-order valence-corrected chi connectivity index (χ3v) is 3.60. The Morgan fingerprint density at radius 3 is 2.55 bits per heavy atom. The van der Waals surface area contributed by atoms with Gasteiger partial charge in [-0.2, -0.15) is 0 Å². The highest BCUT2D eigenvalue weighted by atomic mass is 79.9. The molecular formula is C15H14BrFN2O. The van der Waals surface area contributed by atoms with Crippen molar-refractivity contribution in [2.75, 3.05) is 0 Å². The molecule has 2 aromatic carbocycles. The van der Waals surface area contributed by atoms with Crippen LogP contribution in [0.2, 0.25) is 0 Å². The van der Waals surface area contributed by atoms with E-state index in [1.165, 1.54) is 12.1 Å². The van der Waals surface area contributed by atoms with Crippen LogP contribution in [0.5, 0.6) is 0 Å². The molecule has 1 atom stereocenters. The molecule has 0 fully saturated rings. The summed E-state index contributed by atoms with van der Waals surface area (Å²) in [7, 11) is 0. The zero-order valence-corrected chi connectivity index (χ0v) is 12.2. The van der Waals surface area contributed by atoms with Crippen molar-refractivity contribution >= 4 is 21.8 Å². The fraction of sp³-hybridized carbons (Fsp3) is 0.133. The number of benzene rings is 2. The van der Waals surface area contributed by atoms with E-state index in [1.54, 1.807) is 6.07 Å². The fourth-order valence-corrected chi connectivity index (χ4v) is 2.49. The molecule has 20 heavy (non-hydrogen) atoms. The Morgan fingerprint density at radius 1 is 1.25 bits per heavy atom. The average Bonchev–Trinajstić information content (AvgIpc) is 2.42. The van der Waals surface area contributed by atoms with E-state index in [0.717, 1.165) is 5.56 Å². The number of carbonyl (C=O) groups excluding carboxylic acids is 1. The first-order valence-electron chi connectivity index (χ1n) is 6.09. The van der Waals surface area contributed by atoms with E-state index in [4.69, 9.17) is 5.73 Å². The van der Waals surface area contributed by atoms with Crippen LogP contribution in [0.15, 0.2) is 53.0 Å². The predicted molar refractivity (Wildman–Crippen MR) is 79.3 cm³/mol. The quantitative estimate of drug-likeness (QED) is 0.881. The number of halogens is 2. The van der Waals surface area contributed by atoms with E-state index in [9.17, 15) is 9.18 Å². The monoisotopic (exact) mass is 336 g/mol. The lowest BCUT2D eigenvalue weighted by Crippen LogP contribution is -2.33. The van der Waals surface area contributed by atoms with E-state index in [-0.39, 0.29) is 5.82 Å². The Hall–Kier alpha value is -1.72. The van der Waals surface area contributed by atoms with Gasteiger partial charge in [0.05, 0.1) is 0 Å². The van der Waals surface area contributed by atoms with E-state index >= 15 is 0 Å². The maximum atomic E-state index is 13.1. The van der Waals surface area contributed by atoms with Crippen LogP contribution in [-0.2, 0) is 11.3 Å². The minimum Gasteiger partial charge on any atom is -0.368 e. The zero-order valence-electron chi connectivity index (χ0n) is 10.6. The Kier molecular flexibility index (Phi) is 4.87. The molecule has 2 aromatic rings. The summed E-state index contributed by atoms with van der Waals surface area (Å²) in [5.74, 6) is -0.875. The van der Waals surface area contributed by atoms with Crippen molar-refractivity contribution in [1.29, 1.82) is 0 Å². The number of hydrogen-bond donors (Lipinski definition) is 2. The summed E-state index contributed by atoms with van der Waals surface area (Å²) >= 11 is 3.25. The van der Waals surface area contributed by atoms with E-state index in [1.807, 2.05) is 30.3 Å². The molecule has 1 unspecified atom stereocenters. The van der Waals surface area contributed by atoms with Crippen LogP contribution < -0.4 is 11.1 Å². The van der Waals surface area contributed by atoms with Gasteiger partial charge in [0, 0.05) is 11.0 Å². The van der Waals surface area contributed by atoms with Crippen LogP contribution in [0.4, 0.5) is 4.39 Å². The first-order valence-corrected chi connectivity index (χ1v) is 6.89. The topological polar surface area (TPSA) is 55.1 Å². The van der Waals surface area contributed by atoms with Gasteiger partial charge in [-0.1, -0.05) is 52.3 Å². The molecule has 1 amide bonds. The molecule has 0 saturated carbocycles. The van der Waals surface area contributed by atoms with E-state index in [0.29, 0.717) is 16.6 Å². The average molecular weight is 337 g/mol. The van der Waals surface area contributed by atoms with Gasteiger partial charge < -0.3 is 5.73 Å². The largest absolute Gasteiger partial charge is 0.368 e. The van der Waals surface area contributed by atoms with Gasteiger partial charge in [-0.3, -0.25) is 10.1 Å². The lowest BCUT2D eigenvalue weighted by Gasteiger charge is -2.17. The first kappa shape index (κ1) is 14.7. The van der Waals surface area contributed by atoms with Gasteiger partial charge in [0.25, 0.3) is 0 Å². The molecule has 3 N–H and O–H groups in total. The molecule has 0 radical (unpaired) electrons. The van der Waals surface area contributed by atoms with Crippen molar-refractivity contribution in [2.24, 2.45) is 5.73 Å². The van der Waals surface area contributed by atoms with Gasteiger partial charge in [0.1, 0.15) is 11.9 Å². The molecule has 0 saturated heterocycles. The molecule has 104 valence electrons. The van der Waals surface area contributed by atoms with Crippen LogP contribution in [0, 0.1) is 5.82 Å². The predicted octanol–water partition coefficient (Wildman–Crippen LogP) is 2.90. The SMILES string of the molecule is NC(=O)C(NCc1ccccc1)c1ccc(F)cc1Br. The molecule has 5 heteroatoms. The van der Waals surface area contributed by atoms with Crippen molar-refractivity contribution in [1.82, 2.24) is 5.32 Å². The summed E-state index contributed by atoms with van der Waals surface area (Å²) in [4.78, 5) is 11.6.